The number of benzene rings is 4. The molecule has 9 rings (SSSR count). The number of rotatable bonds is 80. The van der Waals surface area contributed by atoms with Crippen LogP contribution in [0.3, 0.4) is 0 Å². The molecule has 3 aromatic heterocycles. The average molecular weight is 1760 g/mol. The zero-order valence-electron chi connectivity index (χ0n) is 82.5. The van der Waals surface area contributed by atoms with Gasteiger partial charge in [0.25, 0.3) is 0 Å². The van der Waals surface area contributed by atoms with Crippen molar-refractivity contribution in [3.63, 3.8) is 0 Å². The summed E-state index contributed by atoms with van der Waals surface area (Å²) >= 11 is 0. The van der Waals surface area contributed by atoms with E-state index in [4.69, 9.17) is 67.9 Å². The van der Waals surface area contributed by atoms with Crippen LogP contribution in [0.2, 0.25) is 0 Å². The van der Waals surface area contributed by atoms with E-state index in [1.165, 1.54) is 263 Å². The van der Waals surface area contributed by atoms with E-state index in [1.807, 2.05) is 4.73 Å². The molecule has 714 valence electrons. The molecule has 0 unspecified atom stereocenters. The fraction of sp³-hybridized carbons (Fsp3) is 0.714. The molecule has 8 bridgehead atoms. The predicted molar refractivity (Wildman–Crippen MR) is 540 cm³/mol. The molecule has 1 N–H and O–H groups in total. The highest BCUT2D eigenvalue weighted by atomic mass is 16.7. The van der Waals surface area contributed by atoms with Gasteiger partial charge in [0, 0.05) is 27.5 Å². The van der Waals surface area contributed by atoms with Crippen LogP contribution in [-0.4, -0.2) is 92.5 Å². The number of H-pyrrole nitrogens is 1. The molecular formula is C112H178N8O8. The standard InChI is InChI=1S/C112H178N8O8/c1-9-17-25-33-41-49-57-69-81-121-95-89-94-96(100(123-83-71-59-51-43-35-27-19-11-3)99(95)122-82-70-58-50-42-34-26-18-10-2)108-115-107(94)119-112-93-80-68-67-79-92(93)111(120(112)128-88-76-64-56-48-40-32-24-16-8)118-106-91-78-66-65-77-90(91)105(113-106)114-109-97-98(110(116-108)117-109)102(125-85-73-61-53-45-37-29-21-13-5)104(127-87-75-63-55-47-39-31-23-15-7)103(126-86-74-62-54-46-38-30-22-14-6)101(97)124-84-72-60-52-44-36-28-20-12-4/h65-68,77-80,89H,9-64,69-76,81-88H2,1-8H3,(H,113,114,115,116,117,118,119). The Morgan fingerprint density at radius 2 is 0.477 bits per heavy atom. The summed E-state index contributed by atoms with van der Waals surface area (Å²) in [5.74, 6) is 5.84. The smallest absolute Gasteiger partial charge is 0.208 e. The maximum Gasteiger partial charge on any atom is 0.208 e. The van der Waals surface area contributed by atoms with E-state index < -0.39 is 0 Å². The molecule has 0 radical (unpaired) electrons. The number of aromatic amines is 1. The highest BCUT2D eigenvalue weighted by Gasteiger charge is 2.35. The summed E-state index contributed by atoms with van der Waals surface area (Å²) in [6.45, 7) is 22.1. The van der Waals surface area contributed by atoms with Crippen molar-refractivity contribution in [2.24, 2.45) is 0 Å². The third-order valence-corrected chi connectivity index (χ3v) is 26.1. The topological polar surface area (TPSA) is 172 Å². The molecule has 4 aromatic carbocycles. The Morgan fingerprint density at radius 3 is 0.812 bits per heavy atom. The molecule has 128 heavy (non-hydrogen) atoms. The van der Waals surface area contributed by atoms with Crippen molar-refractivity contribution in [1.82, 2.24) is 39.6 Å². The number of hydrogen-bond acceptors (Lipinski definition) is 14. The van der Waals surface area contributed by atoms with Crippen LogP contribution >= 0.6 is 0 Å². The third kappa shape index (κ3) is 35.6. The van der Waals surface area contributed by atoms with Crippen LogP contribution in [-0.2, 0) is 0 Å². The highest BCUT2D eigenvalue weighted by molar-refractivity contribution is 6.15. The molecule has 2 aliphatic heterocycles. The van der Waals surface area contributed by atoms with E-state index >= 15 is 0 Å². The Hall–Kier alpha value is -7.36. The number of hydrogen-bond donors (Lipinski definition) is 1. The number of ether oxygens (including phenoxy) is 7. The Bertz CT molecular complexity index is 4300. The molecule has 0 saturated heterocycles. The Kier molecular flexibility index (Phi) is 53.2. The summed E-state index contributed by atoms with van der Waals surface area (Å²) in [4.78, 5) is 46.3. The fourth-order valence-corrected chi connectivity index (χ4v) is 18.3. The Balaban J connectivity index is 1.38. The van der Waals surface area contributed by atoms with Crippen molar-refractivity contribution >= 4 is 44.1 Å². The van der Waals surface area contributed by atoms with Crippen molar-refractivity contribution in [2.45, 2.75) is 466 Å². The van der Waals surface area contributed by atoms with Crippen molar-refractivity contribution in [3.8, 4) is 85.8 Å². The molecule has 2 aliphatic rings. The van der Waals surface area contributed by atoms with E-state index in [1.54, 1.807) is 0 Å². The lowest BCUT2D eigenvalue weighted by molar-refractivity contribution is 0.123. The van der Waals surface area contributed by atoms with Crippen LogP contribution in [0.5, 0.6) is 40.2 Å². The first kappa shape index (κ1) is 104. The monoisotopic (exact) mass is 1760 g/mol. The van der Waals surface area contributed by atoms with Crippen LogP contribution in [0.15, 0.2) is 54.6 Å². The van der Waals surface area contributed by atoms with Gasteiger partial charge in [-0.2, -0.15) is 0 Å². The summed E-state index contributed by atoms with van der Waals surface area (Å²) < 4.78 is 54.4. The van der Waals surface area contributed by atoms with Gasteiger partial charge in [-0.15, -0.1) is 4.73 Å². The first-order valence-corrected chi connectivity index (χ1v) is 53.9. The van der Waals surface area contributed by atoms with E-state index in [2.05, 4.69) is 115 Å². The van der Waals surface area contributed by atoms with Gasteiger partial charge >= 0.3 is 0 Å². The predicted octanol–water partition coefficient (Wildman–Crippen LogP) is 34.5. The molecule has 0 aliphatic carbocycles. The molecular weight excluding hydrogens is 1590 g/mol. The van der Waals surface area contributed by atoms with E-state index in [9.17, 15) is 0 Å². The van der Waals surface area contributed by atoms with E-state index in [0.717, 1.165) is 175 Å². The SMILES string of the molecule is CCCCCCCCCCOc1cc2c(c(OCCCCCCCCCC)c1OCCCCCCCCCC)-c1nc-2nc2c3ccccc3c(nc3nc(nc4[nH]c(n1)c1c(OCCCCCCCCCC)c(OCCCCCCCCCC)c(OCCCCCCCCCC)c(OCCCCCCCCCC)c41)-c1ccccc1-3)n2OCCCCCCCCCC. The summed E-state index contributed by atoms with van der Waals surface area (Å²) in [6.07, 6.45) is 74.8. The average Bonchev–Trinajstić information content (AvgIpc) is 1.56. The lowest BCUT2D eigenvalue weighted by Crippen LogP contribution is -2.13. The second-order valence-electron chi connectivity index (χ2n) is 37.4. The number of fused-ring (bicyclic) bond motifs is 20. The minimum atomic E-state index is 0.399. The highest BCUT2D eigenvalue weighted by Crippen LogP contribution is 2.56. The molecule has 0 saturated carbocycles. The van der Waals surface area contributed by atoms with Gasteiger partial charge in [0.15, 0.2) is 57.6 Å². The minimum Gasteiger partial charge on any atom is -0.490 e. The molecule has 0 amide bonds. The fourth-order valence-electron chi connectivity index (χ4n) is 18.3. The van der Waals surface area contributed by atoms with Crippen molar-refractivity contribution < 1.29 is 38.0 Å². The second kappa shape index (κ2) is 65.3. The van der Waals surface area contributed by atoms with E-state index in [-0.39, 0.29) is 0 Å². The number of nitrogens with one attached hydrogen (secondary N) is 1. The largest absolute Gasteiger partial charge is 0.490 e. The first-order valence-electron chi connectivity index (χ1n) is 53.9. The summed E-state index contributed by atoms with van der Waals surface area (Å²) in [6, 6.07) is 19.0. The lowest BCUT2D eigenvalue weighted by atomic mass is 10.0. The molecule has 5 heterocycles. The van der Waals surface area contributed by atoms with Gasteiger partial charge in [-0.25, -0.2) is 29.9 Å². The number of unbranched alkanes of at least 4 members (excludes halogenated alkanes) is 56. The van der Waals surface area contributed by atoms with Gasteiger partial charge < -0.3 is 43.0 Å². The van der Waals surface area contributed by atoms with Crippen LogP contribution in [0.1, 0.15) is 466 Å². The number of aromatic nitrogens is 8. The Morgan fingerprint density at radius 1 is 0.227 bits per heavy atom. The van der Waals surface area contributed by atoms with Gasteiger partial charge in [0.05, 0.1) is 62.6 Å². The summed E-state index contributed by atoms with van der Waals surface area (Å²) in [5.41, 5.74) is 5.23. The lowest BCUT2D eigenvalue weighted by Gasteiger charge is -2.22. The molecule has 0 atom stereocenters. The molecule has 0 fully saturated rings. The van der Waals surface area contributed by atoms with Crippen LogP contribution < -0.4 is 38.0 Å². The maximum absolute atomic E-state index is 7.65. The van der Waals surface area contributed by atoms with Crippen molar-refractivity contribution in [1.29, 1.82) is 0 Å². The van der Waals surface area contributed by atoms with Crippen LogP contribution in [0, 0.1) is 0 Å². The molecule has 16 heteroatoms. The van der Waals surface area contributed by atoms with Crippen molar-refractivity contribution in [3.05, 3.63) is 54.6 Å². The molecule has 7 aromatic rings. The normalized spacial score (nSPS) is 11.8. The zero-order valence-corrected chi connectivity index (χ0v) is 82.5. The maximum atomic E-state index is 7.65. The summed E-state index contributed by atoms with van der Waals surface area (Å²) in [5, 5.41) is 3.10. The Labute approximate surface area is 776 Å². The molecule has 0 spiro atoms. The molecule has 16 nitrogen and oxygen atoms in total. The van der Waals surface area contributed by atoms with Gasteiger partial charge in [0.2, 0.25) is 17.2 Å². The minimum absolute atomic E-state index is 0.399. The zero-order chi connectivity index (χ0) is 89.7. The van der Waals surface area contributed by atoms with Crippen LogP contribution in [0.25, 0.3) is 89.7 Å². The number of nitrogens with zero attached hydrogens (tertiary/aromatic N) is 7. The third-order valence-electron chi connectivity index (χ3n) is 26.1. The second-order valence-corrected chi connectivity index (χ2v) is 37.4. The van der Waals surface area contributed by atoms with Crippen molar-refractivity contribution in [2.75, 3.05) is 52.9 Å². The van der Waals surface area contributed by atoms with Crippen LogP contribution in [0.4, 0.5) is 0 Å². The quantitative estimate of drug-likeness (QED) is 0.0357. The van der Waals surface area contributed by atoms with Gasteiger partial charge in [-0.1, -0.05) is 457 Å². The van der Waals surface area contributed by atoms with E-state index in [0.29, 0.717) is 155 Å². The van der Waals surface area contributed by atoms with Gasteiger partial charge in [-0.05, 0) is 63.9 Å². The summed E-state index contributed by atoms with van der Waals surface area (Å²) in [7, 11) is 0. The first-order chi connectivity index (χ1) is 63.4. The van der Waals surface area contributed by atoms with Gasteiger partial charge in [-0.3, -0.25) is 0 Å². The van der Waals surface area contributed by atoms with Gasteiger partial charge in [0.1, 0.15) is 17.9 Å².